The minimum absolute atomic E-state index is 0.157. The van der Waals surface area contributed by atoms with Gasteiger partial charge in [-0.05, 0) is 54.4 Å². The van der Waals surface area contributed by atoms with E-state index in [1.165, 1.54) is 6.21 Å². The van der Waals surface area contributed by atoms with Crippen LogP contribution in [0, 0.1) is 6.92 Å². The van der Waals surface area contributed by atoms with Crippen molar-refractivity contribution in [1.82, 2.24) is 5.43 Å². The van der Waals surface area contributed by atoms with Crippen molar-refractivity contribution in [3.05, 3.63) is 65.2 Å². The second-order valence-electron chi connectivity index (χ2n) is 5.50. The predicted molar refractivity (Wildman–Crippen MR) is 106 cm³/mol. The number of nitrogens with one attached hydrogen (secondary N) is 1. The van der Waals surface area contributed by atoms with Gasteiger partial charge in [0.2, 0.25) is 0 Å². The Morgan fingerprint density at radius 2 is 2.04 bits per heavy atom. The summed E-state index contributed by atoms with van der Waals surface area (Å²) in [6.45, 7) is 5.69. The molecule has 2 aromatic carbocycles. The fourth-order valence-corrected chi connectivity index (χ4v) is 2.22. The van der Waals surface area contributed by atoms with Crippen molar-refractivity contribution in [3.63, 3.8) is 0 Å². The van der Waals surface area contributed by atoms with Crippen LogP contribution in [-0.4, -0.2) is 32.4 Å². The molecule has 142 valence electrons. The Labute approximate surface area is 163 Å². The van der Waals surface area contributed by atoms with Crippen molar-refractivity contribution in [1.29, 1.82) is 0 Å². The Hall–Kier alpha value is -2.99. The van der Waals surface area contributed by atoms with E-state index in [4.69, 9.17) is 25.8 Å². The molecule has 7 heteroatoms. The maximum atomic E-state index is 11.8. The van der Waals surface area contributed by atoms with Gasteiger partial charge < -0.3 is 14.2 Å². The Kier molecular flexibility index (Phi) is 7.70. The molecule has 0 unspecified atom stereocenters. The molecule has 2 aromatic rings. The van der Waals surface area contributed by atoms with Gasteiger partial charge in [0, 0.05) is 5.02 Å². The van der Waals surface area contributed by atoms with Gasteiger partial charge in [-0.2, -0.15) is 5.10 Å². The summed E-state index contributed by atoms with van der Waals surface area (Å²) in [5, 5.41) is 4.56. The van der Waals surface area contributed by atoms with E-state index >= 15 is 0 Å². The Morgan fingerprint density at radius 3 is 2.74 bits per heavy atom. The Morgan fingerprint density at radius 1 is 1.22 bits per heavy atom. The first-order chi connectivity index (χ1) is 13.0. The topological polar surface area (TPSA) is 69.2 Å². The summed E-state index contributed by atoms with van der Waals surface area (Å²) in [6, 6.07) is 10.5. The number of aryl methyl sites for hydroxylation is 1. The molecule has 0 aliphatic carbocycles. The van der Waals surface area contributed by atoms with Gasteiger partial charge in [-0.15, -0.1) is 0 Å². The average Bonchev–Trinajstić information content (AvgIpc) is 2.67. The van der Waals surface area contributed by atoms with Gasteiger partial charge in [-0.1, -0.05) is 24.3 Å². The number of carbonyl (C=O) groups excluding carboxylic acids is 1. The van der Waals surface area contributed by atoms with E-state index in [1.54, 1.807) is 49.6 Å². The average molecular weight is 389 g/mol. The van der Waals surface area contributed by atoms with E-state index < -0.39 is 0 Å². The van der Waals surface area contributed by atoms with Crippen LogP contribution in [0.1, 0.15) is 11.1 Å². The number of halogens is 1. The Bertz CT molecular complexity index is 837. The van der Waals surface area contributed by atoms with Crippen LogP contribution >= 0.6 is 11.6 Å². The first-order valence-corrected chi connectivity index (χ1v) is 8.54. The highest BCUT2D eigenvalue weighted by Gasteiger charge is 2.05. The summed E-state index contributed by atoms with van der Waals surface area (Å²) in [7, 11) is 1.55. The third kappa shape index (κ3) is 6.34. The molecule has 0 aromatic heterocycles. The highest BCUT2D eigenvalue weighted by molar-refractivity contribution is 6.31. The number of carbonyl (C=O) groups is 1. The number of benzene rings is 2. The number of hydrogen-bond acceptors (Lipinski definition) is 5. The molecule has 6 nitrogen and oxygen atoms in total. The summed E-state index contributed by atoms with van der Waals surface area (Å²) in [5.74, 6) is 1.35. The van der Waals surface area contributed by atoms with Crippen LogP contribution in [-0.2, 0) is 4.79 Å². The molecule has 0 aliphatic rings. The molecule has 0 saturated carbocycles. The molecule has 0 spiro atoms. The molecule has 0 aliphatic heterocycles. The summed E-state index contributed by atoms with van der Waals surface area (Å²) in [4.78, 5) is 11.8. The monoisotopic (exact) mass is 388 g/mol. The molecule has 27 heavy (non-hydrogen) atoms. The van der Waals surface area contributed by atoms with Crippen molar-refractivity contribution in [2.45, 2.75) is 6.92 Å². The SMILES string of the molecule is C=CCOc1ccc(/C=N\NC(=O)COc2ccc(Cl)c(C)c2)cc1OC. The maximum absolute atomic E-state index is 11.8. The summed E-state index contributed by atoms with van der Waals surface area (Å²) in [5.41, 5.74) is 4.03. The molecule has 0 bridgehead atoms. The molecule has 0 saturated heterocycles. The van der Waals surface area contributed by atoms with E-state index in [0.717, 1.165) is 11.1 Å². The molecule has 1 amide bonds. The number of amides is 1. The van der Waals surface area contributed by atoms with Gasteiger partial charge in [-0.25, -0.2) is 5.43 Å². The lowest BCUT2D eigenvalue weighted by molar-refractivity contribution is -0.123. The van der Waals surface area contributed by atoms with E-state index in [-0.39, 0.29) is 12.5 Å². The van der Waals surface area contributed by atoms with Gasteiger partial charge in [0.15, 0.2) is 18.1 Å². The van der Waals surface area contributed by atoms with Crippen LogP contribution in [0.4, 0.5) is 0 Å². The smallest absolute Gasteiger partial charge is 0.277 e. The quantitative estimate of drug-likeness (QED) is 0.403. The highest BCUT2D eigenvalue weighted by atomic mass is 35.5. The number of rotatable bonds is 9. The second-order valence-corrected chi connectivity index (χ2v) is 5.91. The van der Waals surface area contributed by atoms with Crippen molar-refractivity contribution >= 4 is 23.7 Å². The zero-order valence-electron chi connectivity index (χ0n) is 15.2. The summed E-state index contributed by atoms with van der Waals surface area (Å²) in [6.07, 6.45) is 3.15. The predicted octanol–water partition coefficient (Wildman–Crippen LogP) is 3.75. The largest absolute Gasteiger partial charge is 0.493 e. The molecule has 0 atom stereocenters. The van der Waals surface area contributed by atoms with Gasteiger partial charge in [0.25, 0.3) is 5.91 Å². The minimum atomic E-state index is -0.378. The normalized spacial score (nSPS) is 10.5. The fourth-order valence-electron chi connectivity index (χ4n) is 2.10. The van der Waals surface area contributed by atoms with Crippen molar-refractivity contribution in [3.8, 4) is 17.2 Å². The lowest BCUT2D eigenvalue weighted by Gasteiger charge is -2.09. The molecule has 0 heterocycles. The van der Waals surface area contributed by atoms with E-state index in [2.05, 4.69) is 17.1 Å². The molecular weight excluding hydrogens is 368 g/mol. The van der Waals surface area contributed by atoms with Crippen LogP contribution in [0.15, 0.2) is 54.2 Å². The number of ether oxygens (including phenoxy) is 3. The van der Waals surface area contributed by atoms with E-state index in [9.17, 15) is 4.79 Å². The maximum Gasteiger partial charge on any atom is 0.277 e. The van der Waals surface area contributed by atoms with Gasteiger partial charge >= 0.3 is 0 Å². The zero-order valence-corrected chi connectivity index (χ0v) is 16.0. The van der Waals surface area contributed by atoms with Gasteiger partial charge in [0.1, 0.15) is 12.4 Å². The van der Waals surface area contributed by atoms with E-state index in [1.807, 2.05) is 6.92 Å². The first-order valence-electron chi connectivity index (χ1n) is 8.16. The standard InChI is InChI=1S/C20H21ClN2O4/c1-4-9-26-18-8-5-15(11-19(18)25-3)12-22-23-20(24)13-27-16-6-7-17(21)14(2)10-16/h4-8,10-12H,1,9,13H2,2-3H3,(H,23,24)/b22-12-. The fraction of sp³-hybridized carbons (Fsp3) is 0.200. The highest BCUT2D eigenvalue weighted by Crippen LogP contribution is 2.27. The molecule has 0 fully saturated rings. The summed E-state index contributed by atoms with van der Waals surface area (Å²) >= 11 is 5.95. The van der Waals surface area contributed by atoms with Crippen LogP contribution < -0.4 is 19.6 Å². The number of hydrazone groups is 1. The zero-order chi connectivity index (χ0) is 19.6. The van der Waals surface area contributed by atoms with Crippen molar-refractivity contribution in [2.24, 2.45) is 5.10 Å². The molecule has 1 N–H and O–H groups in total. The first kappa shape index (κ1) is 20.3. The third-order valence-electron chi connectivity index (χ3n) is 3.45. The lowest BCUT2D eigenvalue weighted by atomic mass is 10.2. The number of methoxy groups -OCH3 is 1. The van der Waals surface area contributed by atoms with Crippen molar-refractivity contribution < 1.29 is 19.0 Å². The van der Waals surface area contributed by atoms with Crippen LogP contribution in [0.5, 0.6) is 17.2 Å². The van der Waals surface area contributed by atoms with E-state index in [0.29, 0.717) is 28.9 Å². The Balaban J connectivity index is 1.87. The summed E-state index contributed by atoms with van der Waals surface area (Å²) < 4.78 is 16.2. The molecule has 2 rings (SSSR count). The lowest BCUT2D eigenvalue weighted by Crippen LogP contribution is -2.24. The second kappa shape index (κ2) is 10.2. The van der Waals surface area contributed by atoms with Crippen LogP contribution in [0.25, 0.3) is 0 Å². The van der Waals surface area contributed by atoms with Gasteiger partial charge in [0.05, 0.1) is 13.3 Å². The van der Waals surface area contributed by atoms with Crippen LogP contribution in [0.3, 0.4) is 0 Å². The molecule has 0 radical (unpaired) electrons. The minimum Gasteiger partial charge on any atom is -0.493 e. The van der Waals surface area contributed by atoms with Crippen LogP contribution in [0.2, 0.25) is 5.02 Å². The van der Waals surface area contributed by atoms with Gasteiger partial charge in [-0.3, -0.25) is 4.79 Å². The van der Waals surface area contributed by atoms with Crippen molar-refractivity contribution in [2.75, 3.05) is 20.3 Å². The molecular formula is C20H21ClN2O4. The third-order valence-corrected chi connectivity index (χ3v) is 3.87. The number of nitrogens with zero attached hydrogens (tertiary/aromatic N) is 1. The number of hydrogen-bond donors (Lipinski definition) is 1.